The van der Waals surface area contributed by atoms with Crippen molar-refractivity contribution >= 4 is 56.9 Å². The van der Waals surface area contributed by atoms with Crippen LogP contribution in [0.3, 0.4) is 0 Å². The normalized spacial score (nSPS) is 11.8. The highest BCUT2D eigenvalue weighted by molar-refractivity contribution is 7.05. The van der Waals surface area contributed by atoms with Gasteiger partial charge in [-0.2, -0.15) is 19.9 Å². The van der Waals surface area contributed by atoms with Crippen molar-refractivity contribution in [3.05, 3.63) is 262 Å². The van der Waals surface area contributed by atoms with Crippen LogP contribution in [0.2, 0.25) is 0 Å². The Morgan fingerprint density at radius 2 is 0.609 bits per heavy atom. The zero-order valence-corrected chi connectivity index (χ0v) is 53.6. The molecule has 0 unspecified atom stereocenters. The molecular formula is C70H66N12O6S4. The Balaban J connectivity index is 0.000000135. The molecule has 0 bridgehead atoms. The fourth-order valence-electron chi connectivity index (χ4n) is 9.11. The molecule has 0 aliphatic rings. The maximum Gasteiger partial charge on any atom is 0.223 e. The van der Waals surface area contributed by atoms with E-state index in [1.807, 2.05) is 220 Å². The molecule has 0 fully saturated rings. The zero-order chi connectivity index (χ0) is 63.7. The van der Waals surface area contributed by atoms with E-state index in [9.17, 15) is 0 Å². The second-order valence-corrected chi connectivity index (χ2v) is 23.2. The predicted octanol–water partition coefficient (Wildman–Crippen LogP) is 11.1. The molecule has 0 aliphatic heterocycles. The molecule has 13 aromatic rings. The number of para-hydroxylation sites is 2. The number of rotatable bonds is 18. The molecular weight excluding hydrogens is 1230 g/mol. The molecule has 9 aromatic carbocycles. The first-order chi connectivity index (χ1) is 45.4. The molecule has 0 amide bonds. The van der Waals surface area contributed by atoms with Gasteiger partial charge in [-0.25, -0.2) is 15.8 Å². The van der Waals surface area contributed by atoms with Gasteiger partial charge in [-0.15, -0.1) is 0 Å². The minimum absolute atomic E-state index is 0.0167. The molecule has 4 N–H and O–H groups in total. The van der Waals surface area contributed by atoms with Gasteiger partial charge in [0.1, 0.15) is 11.5 Å². The van der Waals surface area contributed by atoms with E-state index in [1.165, 1.54) is 56.9 Å². The lowest BCUT2D eigenvalue weighted by Crippen LogP contribution is -2.01. The monoisotopic (exact) mass is 1300 g/mol. The number of methoxy groups -OCH3 is 2. The van der Waals surface area contributed by atoms with E-state index in [0.29, 0.717) is 45.4 Å². The van der Waals surface area contributed by atoms with Gasteiger partial charge in [0.2, 0.25) is 19.2 Å². The van der Waals surface area contributed by atoms with Crippen LogP contribution >= 0.6 is 46.1 Å². The Labute approximate surface area is 547 Å². The number of ether oxygens (including phenoxy) is 2. The summed E-state index contributed by atoms with van der Waals surface area (Å²) in [6, 6.07) is 80.4. The van der Waals surface area contributed by atoms with Gasteiger partial charge in [0, 0.05) is 27.6 Å². The van der Waals surface area contributed by atoms with Gasteiger partial charge in [-0.1, -0.05) is 164 Å². The molecule has 4 heterocycles. The highest BCUT2D eigenvalue weighted by atomic mass is 32.1. The van der Waals surface area contributed by atoms with Crippen molar-refractivity contribution in [3.63, 3.8) is 0 Å². The van der Waals surface area contributed by atoms with Gasteiger partial charge in [0.25, 0.3) is 0 Å². The van der Waals surface area contributed by atoms with E-state index in [4.69, 9.17) is 34.9 Å². The summed E-state index contributed by atoms with van der Waals surface area (Å²) in [6.45, 7) is 1.52. The minimum Gasteiger partial charge on any atom is -0.497 e. The van der Waals surface area contributed by atoms with E-state index < -0.39 is 0 Å². The number of hydrogen-bond donors (Lipinski definition) is 4. The first kappa shape index (κ1) is 65.1. The number of aliphatic hydroxyl groups excluding tert-OH is 4. The van der Waals surface area contributed by atoms with Crippen LogP contribution in [0.15, 0.2) is 263 Å². The van der Waals surface area contributed by atoms with Gasteiger partial charge >= 0.3 is 0 Å². The second-order valence-electron chi connectivity index (χ2n) is 19.5. The number of nitrogens with zero attached hydrogens (tertiary/aromatic N) is 12. The Bertz CT molecular complexity index is 4460. The Morgan fingerprint density at radius 1 is 0.315 bits per heavy atom. The maximum atomic E-state index is 9.06. The smallest absolute Gasteiger partial charge is 0.223 e. The van der Waals surface area contributed by atoms with Crippen LogP contribution in [0.25, 0.3) is 79.1 Å². The fraction of sp³-hybridized carbons (Fsp3) is 0.143. The summed E-state index contributed by atoms with van der Waals surface area (Å²) in [7, 11) is 3.30. The summed E-state index contributed by atoms with van der Waals surface area (Å²) in [4.78, 5) is 38.4. The van der Waals surface area contributed by atoms with Crippen molar-refractivity contribution in [3.8, 4) is 79.8 Å². The molecule has 0 saturated carbocycles. The van der Waals surface area contributed by atoms with Crippen LogP contribution in [-0.2, 0) is 0 Å². The average Bonchev–Trinajstić information content (AvgIpc) is 1.66. The molecule has 13 rings (SSSR count). The molecule has 4 aromatic heterocycles. The standard InChI is InChI=1S/C20H17N3OS.2C17H17N3O2S.C16H15N3OS/c24-14-13-21-20-22-19(16-8-2-1-3-9-16)23(25-20)18-12-6-10-15-7-4-5-11-17(15)18;1-22-15-9-7-13(8-10-15)16-19-17(18-11-12-21)23-20(16)14-5-3-2-4-6-14;1-22-15-9-7-14(8-10-15)20-16(13-5-3-2-4-6-13)19-17(23-20)18-11-12-21;20-12-11-17-16-18-15(13-7-3-1-4-8-13)19(21-16)14-9-5-2-6-10-14/h1-12,24H,13-14H2;2*2-10,21H,11-12H2,1H3;1-10,20H,11-12H2/b21-20-;2*18-17-;17-16-. The van der Waals surface area contributed by atoms with Crippen LogP contribution in [-0.4, -0.2) is 123 Å². The number of fused-ring (bicyclic) bond motifs is 1. The molecule has 0 atom stereocenters. The lowest BCUT2D eigenvalue weighted by molar-refractivity contribution is 0.305. The van der Waals surface area contributed by atoms with Gasteiger partial charge in [0.05, 0.1) is 89.6 Å². The number of aliphatic hydroxyl groups is 4. The van der Waals surface area contributed by atoms with Crippen LogP contribution in [0.4, 0.5) is 0 Å². The van der Waals surface area contributed by atoms with E-state index in [2.05, 4.69) is 73.2 Å². The highest BCUT2D eigenvalue weighted by Crippen LogP contribution is 2.30. The summed E-state index contributed by atoms with van der Waals surface area (Å²) in [6.07, 6.45) is 0. The first-order valence-electron chi connectivity index (χ1n) is 29.3. The topological polar surface area (TPSA) is 220 Å². The third-order valence-corrected chi connectivity index (χ3v) is 17.2. The third kappa shape index (κ3) is 17.1. The molecule has 0 spiro atoms. The van der Waals surface area contributed by atoms with E-state index in [-0.39, 0.29) is 26.4 Å². The Morgan fingerprint density at radius 3 is 0.978 bits per heavy atom. The van der Waals surface area contributed by atoms with E-state index in [0.717, 1.165) is 79.8 Å². The van der Waals surface area contributed by atoms with E-state index >= 15 is 0 Å². The SMILES string of the molecule is COc1ccc(-c2n/c(=N/CCO)sn2-c2ccccc2)cc1.COc1ccc(-n2s/c(=N\CCO)nc2-c2ccccc2)cc1.OCC/N=c1/nc(-c2ccccc2)n(-c2cccc3ccccc23)s1.OCC/N=c1/nc(-c2ccccc2)n(-c2ccccc2)s1. The van der Waals surface area contributed by atoms with Crippen LogP contribution < -0.4 is 28.7 Å². The van der Waals surface area contributed by atoms with Crippen molar-refractivity contribution in [2.24, 2.45) is 20.0 Å². The largest absolute Gasteiger partial charge is 0.497 e. The molecule has 466 valence electrons. The Hall–Kier alpha value is -9.88. The Kier molecular flexibility index (Phi) is 23.9. The molecule has 0 saturated heterocycles. The molecule has 18 nitrogen and oxygen atoms in total. The minimum atomic E-state index is 0.0167. The van der Waals surface area contributed by atoms with Gasteiger partial charge in [-0.3, -0.25) is 20.0 Å². The second kappa shape index (κ2) is 33.8. The quantitative estimate of drug-likeness (QED) is 0.0636. The lowest BCUT2D eigenvalue weighted by Gasteiger charge is -2.09. The maximum absolute atomic E-state index is 9.06. The highest BCUT2D eigenvalue weighted by Gasteiger charge is 2.16. The van der Waals surface area contributed by atoms with Crippen LogP contribution in [0.5, 0.6) is 11.5 Å². The average molecular weight is 1300 g/mol. The zero-order valence-electron chi connectivity index (χ0n) is 50.4. The summed E-state index contributed by atoms with van der Waals surface area (Å²) in [5, 5.41) is 38.2. The molecule has 0 aliphatic carbocycles. The third-order valence-electron chi connectivity index (χ3n) is 13.4. The molecule has 22 heteroatoms. The first-order valence-corrected chi connectivity index (χ1v) is 32.4. The van der Waals surface area contributed by atoms with Crippen molar-refractivity contribution in [2.75, 3.05) is 66.8 Å². The summed E-state index contributed by atoms with van der Waals surface area (Å²) in [5.74, 6) is 4.99. The van der Waals surface area contributed by atoms with E-state index in [1.54, 1.807) is 14.2 Å². The molecule has 0 radical (unpaired) electrons. The molecule has 92 heavy (non-hydrogen) atoms. The lowest BCUT2D eigenvalue weighted by atomic mass is 10.1. The summed E-state index contributed by atoms with van der Waals surface area (Å²) >= 11 is 5.87. The van der Waals surface area contributed by atoms with Crippen molar-refractivity contribution < 1.29 is 29.9 Å². The summed E-state index contributed by atoms with van der Waals surface area (Å²) < 4.78 is 18.7. The number of aromatic nitrogens is 8. The van der Waals surface area contributed by atoms with Crippen molar-refractivity contribution in [1.29, 1.82) is 0 Å². The van der Waals surface area contributed by atoms with Gasteiger partial charge < -0.3 is 29.9 Å². The van der Waals surface area contributed by atoms with Crippen LogP contribution in [0, 0.1) is 0 Å². The van der Waals surface area contributed by atoms with Crippen molar-refractivity contribution in [2.45, 2.75) is 0 Å². The van der Waals surface area contributed by atoms with Crippen molar-refractivity contribution in [1.82, 2.24) is 35.8 Å². The fourth-order valence-corrected chi connectivity index (χ4v) is 12.7. The number of benzene rings is 9. The van der Waals surface area contributed by atoms with Crippen LogP contribution in [0.1, 0.15) is 0 Å². The predicted molar refractivity (Wildman–Crippen MR) is 368 cm³/mol. The summed E-state index contributed by atoms with van der Waals surface area (Å²) in [5.41, 5.74) is 8.25. The van der Waals surface area contributed by atoms with Gasteiger partial charge in [0.15, 0.2) is 23.3 Å². The number of hydrogen-bond acceptors (Lipinski definition) is 18. The van der Waals surface area contributed by atoms with Gasteiger partial charge in [-0.05, 0) is 130 Å².